The Kier molecular flexibility index (Phi) is 8.50. The summed E-state index contributed by atoms with van der Waals surface area (Å²) in [5.41, 5.74) is 3.95. The van der Waals surface area contributed by atoms with E-state index in [1.54, 1.807) is 0 Å². The van der Waals surface area contributed by atoms with Crippen LogP contribution in [0.5, 0.6) is 0 Å². The molecule has 1 saturated heterocycles. The van der Waals surface area contributed by atoms with Gasteiger partial charge in [-0.25, -0.2) is 0 Å². The molecule has 2 aliphatic rings. The van der Waals surface area contributed by atoms with E-state index in [0.29, 0.717) is 5.92 Å². The Morgan fingerprint density at radius 1 is 1.21 bits per heavy atom. The van der Waals surface area contributed by atoms with Crippen molar-refractivity contribution in [2.75, 3.05) is 39.3 Å². The van der Waals surface area contributed by atoms with Crippen molar-refractivity contribution < 1.29 is 4.79 Å². The monoisotopic (exact) mass is 424 g/mol. The quantitative estimate of drug-likeness (QED) is 0.698. The fourth-order valence-electron chi connectivity index (χ4n) is 3.67. The van der Waals surface area contributed by atoms with E-state index < -0.39 is 0 Å². The Labute approximate surface area is 179 Å². The normalized spacial score (nSPS) is 16.9. The lowest BCUT2D eigenvalue weighted by Crippen LogP contribution is -2.44. The molecule has 2 N–H and O–H groups in total. The highest BCUT2D eigenvalue weighted by Crippen LogP contribution is 2.40. The highest BCUT2D eigenvalue weighted by atomic mass is 35.5. The molecule has 7 heteroatoms. The van der Waals surface area contributed by atoms with E-state index >= 15 is 0 Å². The summed E-state index contributed by atoms with van der Waals surface area (Å²) < 4.78 is 0. The molecule has 1 aromatic heterocycles. The molecule has 0 radical (unpaired) electrons. The van der Waals surface area contributed by atoms with Crippen molar-refractivity contribution >= 4 is 41.6 Å². The summed E-state index contributed by atoms with van der Waals surface area (Å²) in [6.07, 6.45) is 3.37. The van der Waals surface area contributed by atoms with E-state index in [1.807, 2.05) is 12.1 Å². The summed E-state index contributed by atoms with van der Waals surface area (Å²) in [4.78, 5) is 20.1. The first-order valence-corrected chi connectivity index (χ1v) is 9.83. The molecule has 154 valence electrons. The van der Waals surface area contributed by atoms with Crippen LogP contribution < -0.4 is 10.6 Å². The van der Waals surface area contributed by atoms with Crippen molar-refractivity contribution in [2.45, 2.75) is 32.1 Å². The number of amides is 1. The Bertz CT molecular complexity index is 804. The predicted molar refractivity (Wildman–Crippen MR) is 119 cm³/mol. The molecule has 1 aliphatic carbocycles. The molecule has 4 rings (SSSR count). The van der Waals surface area contributed by atoms with Gasteiger partial charge in [0.25, 0.3) is 5.91 Å². The van der Waals surface area contributed by atoms with E-state index in [2.05, 4.69) is 34.6 Å². The van der Waals surface area contributed by atoms with Gasteiger partial charge in [0.2, 0.25) is 0 Å². The number of pyridine rings is 1. The van der Waals surface area contributed by atoms with Crippen molar-refractivity contribution in [3.63, 3.8) is 0 Å². The van der Waals surface area contributed by atoms with E-state index in [-0.39, 0.29) is 30.7 Å². The van der Waals surface area contributed by atoms with Crippen molar-refractivity contribution in [1.82, 2.24) is 20.5 Å². The number of aromatic nitrogens is 1. The molecule has 1 saturated carbocycles. The number of benzene rings is 1. The number of halogens is 2. The Hall–Kier alpha value is -1.40. The molecule has 0 atom stereocenters. The van der Waals surface area contributed by atoms with Crippen LogP contribution in [0.25, 0.3) is 10.9 Å². The molecule has 0 bridgehead atoms. The van der Waals surface area contributed by atoms with E-state index in [0.717, 1.165) is 73.4 Å². The fourth-order valence-corrected chi connectivity index (χ4v) is 3.67. The van der Waals surface area contributed by atoms with Crippen LogP contribution in [-0.4, -0.2) is 55.1 Å². The summed E-state index contributed by atoms with van der Waals surface area (Å²) in [7, 11) is 0. The topological polar surface area (TPSA) is 57.3 Å². The minimum absolute atomic E-state index is 0. The van der Waals surface area contributed by atoms with Crippen LogP contribution >= 0.6 is 24.8 Å². The number of hydrogen-bond donors (Lipinski definition) is 2. The van der Waals surface area contributed by atoms with E-state index in [4.69, 9.17) is 4.98 Å². The number of rotatable bonds is 6. The van der Waals surface area contributed by atoms with Gasteiger partial charge >= 0.3 is 0 Å². The molecule has 1 aliphatic heterocycles. The molecule has 0 unspecified atom stereocenters. The van der Waals surface area contributed by atoms with Crippen LogP contribution in [0.2, 0.25) is 0 Å². The zero-order valence-corrected chi connectivity index (χ0v) is 18.0. The van der Waals surface area contributed by atoms with Gasteiger partial charge in [0.05, 0.1) is 11.1 Å². The Morgan fingerprint density at radius 2 is 1.96 bits per heavy atom. The molecule has 5 nitrogen and oxygen atoms in total. The van der Waals surface area contributed by atoms with Gasteiger partial charge in [-0.2, -0.15) is 0 Å². The lowest BCUT2D eigenvalue weighted by Gasteiger charge is -2.27. The van der Waals surface area contributed by atoms with E-state index in [1.165, 1.54) is 12.8 Å². The largest absolute Gasteiger partial charge is 0.352 e. The first kappa shape index (κ1) is 22.9. The molecule has 2 fully saturated rings. The third-order valence-electron chi connectivity index (χ3n) is 5.37. The van der Waals surface area contributed by atoms with Gasteiger partial charge in [0.1, 0.15) is 0 Å². The Balaban J connectivity index is 0.00000140. The molecule has 1 amide bonds. The fraction of sp³-hybridized carbons (Fsp3) is 0.524. The zero-order chi connectivity index (χ0) is 17.9. The smallest absolute Gasteiger partial charge is 0.252 e. The maximum Gasteiger partial charge on any atom is 0.252 e. The third kappa shape index (κ3) is 5.57. The third-order valence-corrected chi connectivity index (χ3v) is 5.37. The standard InChI is InChI=1S/C21H28N4O.2ClH/c1-15-3-6-19-17(13-15)18(14-20(24-19)16-4-5-16)21(26)23-7-2-10-25-11-8-22-9-12-25;;/h3,6,13-14,16,22H,2,4-5,7-12H2,1H3,(H,23,26);2*1H. The second-order valence-corrected chi connectivity index (χ2v) is 7.59. The summed E-state index contributed by atoms with van der Waals surface area (Å²) in [6, 6.07) is 8.21. The number of fused-ring (bicyclic) bond motifs is 1. The van der Waals surface area contributed by atoms with Crippen LogP contribution in [-0.2, 0) is 0 Å². The molecule has 2 heterocycles. The average Bonchev–Trinajstić information content (AvgIpc) is 3.50. The molecule has 1 aromatic carbocycles. The van der Waals surface area contributed by atoms with Gasteiger partial charge in [-0.3, -0.25) is 9.78 Å². The molecule has 28 heavy (non-hydrogen) atoms. The lowest BCUT2D eigenvalue weighted by molar-refractivity contribution is 0.0952. The maximum absolute atomic E-state index is 12.9. The highest BCUT2D eigenvalue weighted by molar-refractivity contribution is 6.06. The highest BCUT2D eigenvalue weighted by Gasteiger charge is 2.27. The summed E-state index contributed by atoms with van der Waals surface area (Å²) in [5.74, 6) is 0.574. The second-order valence-electron chi connectivity index (χ2n) is 7.59. The number of nitrogens with one attached hydrogen (secondary N) is 2. The minimum Gasteiger partial charge on any atom is -0.352 e. The predicted octanol–water partition coefficient (Wildman–Crippen LogP) is 3.29. The van der Waals surface area contributed by atoms with E-state index in [9.17, 15) is 4.79 Å². The van der Waals surface area contributed by atoms with Crippen LogP contribution in [0.1, 0.15) is 46.8 Å². The van der Waals surface area contributed by atoms with Crippen LogP contribution in [0.3, 0.4) is 0 Å². The van der Waals surface area contributed by atoms with Gasteiger partial charge in [-0.05, 0) is 50.9 Å². The SMILES string of the molecule is Cc1ccc2nc(C3CC3)cc(C(=O)NCCCN3CCNCC3)c2c1.Cl.Cl. The maximum atomic E-state index is 12.9. The lowest BCUT2D eigenvalue weighted by atomic mass is 10.0. The van der Waals surface area contributed by atoms with Crippen LogP contribution in [0.4, 0.5) is 0 Å². The zero-order valence-electron chi connectivity index (χ0n) is 16.4. The number of carbonyl (C=O) groups excluding carboxylic acids is 1. The molecule has 0 spiro atoms. The summed E-state index contributed by atoms with van der Waals surface area (Å²) in [5, 5.41) is 7.46. The summed E-state index contributed by atoms with van der Waals surface area (Å²) >= 11 is 0. The first-order chi connectivity index (χ1) is 12.7. The first-order valence-electron chi connectivity index (χ1n) is 9.83. The van der Waals surface area contributed by atoms with Crippen LogP contribution in [0.15, 0.2) is 24.3 Å². The van der Waals surface area contributed by atoms with Gasteiger partial charge in [-0.15, -0.1) is 24.8 Å². The van der Waals surface area contributed by atoms with Gasteiger partial charge in [0.15, 0.2) is 0 Å². The van der Waals surface area contributed by atoms with Crippen molar-refractivity contribution in [3.8, 4) is 0 Å². The van der Waals surface area contributed by atoms with Crippen molar-refractivity contribution in [2.24, 2.45) is 0 Å². The van der Waals surface area contributed by atoms with Crippen molar-refractivity contribution in [3.05, 3.63) is 41.1 Å². The average molecular weight is 425 g/mol. The van der Waals surface area contributed by atoms with Crippen molar-refractivity contribution in [1.29, 1.82) is 0 Å². The van der Waals surface area contributed by atoms with Gasteiger partial charge in [-0.1, -0.05) is 11.6 Å². The van der Waals surface area contributed by atoms with Crippen LogP contribution in [0, 0.1) is 6.92 Å². The molecular weight excluding hydrogens is 395 g/mol. The molecular formula is C21H30Cl2N4O. The summed E-state index contributed by atoms with van der Waals surface area (Å²) in [6.45, 7) is 8.17. The number of hydrogen-bond acceptors (Lipinski definition) is 4. The number of nitrogens with zero attached hydrogens (tertiary/aromatic N) is 2. The molecule has 2 aromatic rings. The van der Waals surface area contributed by atoms with Gasteiger partial charge < -0.3 is 15.5 Å². The second kappa shape index (κ2) is 10.4. The Morgan fingerprint density at radius 3 is 2.68 bits per heavy atom. The number of aryl methyl sites for hydroxylation is 1. The number of piperazine rings is 1. The van der Waals surface area contributed by atoms with Gasteiger partial charge in [0, 0.05) is 49.7 Å². The minimum atomic E-state index is 0. The number of carbonyl (C=O) groups is 1.